The van der Waals surface area contributed by atoms with Crippen molar-refractivity contribution >= 4 is 5.96 Å². The third kappa shape index (κ3) is 6.50. The van der Waals surface area contributed by atoms with Gasteiger partial charge in [-0.3, -0.25) is 14.8 Å². The molecule has 9 heteroatoms. The Morgan fingerprint density at radius 3 is 2.50 bits per heavy atom. The molecule has 2 aliphatic rings. The molecule has 0 bridgehead atoms. The SMILES string of the molecule is CN=C(NCC(c1ccc(OC)cc1)N1CCCC1)NC1CCN(CC(F)(F)F)C1. The van der Waals surface area contributed by atoms with Crippen LogP contribution in [-0.4, -0.2) is 81.4 Å². The molecule has 1 aromatic rings. The van der Waals surface area contributed by atoms with E-state index in [1.54, 1.807) is 14.2 Å². The molecule has 2 heterocycles. The molecule has 2 N–H and O–H groups in total. The number of methoxy groups -OCH3 is 1. The van der Waals surface area contributed by atoms with Crippen molar-refractivity contribution in [3.8, 4) is 5.75 Å². The molecule has 6 nitrogen and oxygen atoms in total. The summed E-state index contributed by atoms with van der Waals surface area (Å²) in [6, 6.07) is 8.28. The number of hydrogen-bond donors (Lipinski definition) is 2. The summed E-state index contributed by atoms with van der Waals surface area (Å²) in [7, 11) is 3.35. The lowest BCUT2D eigenvalue weighted by molar-refractivity contribution is -0.143. The third-order valence-electron chi connectivity index (χ3n) is 5.78. The minimum absolute atomic E-state index is 0.0372. The predicted molar refractivity (Wildman–Crippen MR) is 112 cm³/mol. The van der Waals surface area contributed by atoms with Crippen molar-refractivity contribution in [1.82, 2.24) is 20.4 Å². The van der Waals surface area contributed by atoms with E-state index >= 15 is 0 Å². The summed E-state index contributed by atoms with van der Waals surface area (Å²) in [5.41, 5.74) is 1.21. The van der Waals surface area contributed by atoms with Crippen LogP contribution in [0.4, 0.5) is 13.2 Å². The Labute approximate surface area is 176 Å². The second-order valence-electron chi connectivity index (χ2n) is 7.97. The lowest BCUT2D eigenvalue weighted by Crippen LogP contribution is -2.47. The molecular formula is C21H32F3N5O. The maximum Gasteiger partial charge on any atom is 0.401 e. The monoisotopic (exact) mass is 427 g/mol. The number of ether oxygens (including phenoxy) is 1. The molecule has 1 aromatic carbocycles. The first-order valence-electron chi connectivity index (χ1n) is 10.5. The number of guanidine groups is 1. The number of nitrogens with zero attached hydrogens (tertiary/aromatic N) is 3. The number of hydrogen-bond acceptors (Lipinski definition) is 4. The van der Waals surface area contributed by atoms with Crippen molar-refractivity contribution in [3.05, 3.63) is 29.8 Å². The van der Waals surface area contributed by atoms with Gasteiger partial charge in [0.1, 0.15) is 5.75 Å². The minimum Gasteiger partial charge on any atom is -0.497 e. The van der Waals surface area contributed by atoms with E-state index in [2.05, 4.69) is 32.7 Å². The van der Waals surface area contributed by atoms with Crippen LogP contribution in [0.1, 0.15) is 30.9 Å². The molecule has 2 atom stereocenters. The second-order valence-corrected chi connectivity index (χ2v) is 7.97. The van der Waals surface area contributed by atoms with E-state index in [9.17, 15) is 13.2 Å². The van der Waals surface area contributed by atoms with E-state index in [1.165, 1.54) is 23.3 Å². The van der Waals surface area contributed by atoms with Crippen LogP contribution in [0.25, 0.3) is 0 Å². The largest absolute Gasteiger partial charge is 0.497 e. The van der Waals surface area contributed by atoms with Gasteiger partial charge in [0.15, 0.2) is 5.96 Å². The summed E-state index contributed by atoms with van der Waals surface area (Å²) in [5.74, 6) is 1.46. The van der Waals surface area contributed by atoms with Crippen LogP contribution >= 0.6 is 0 Å². The maximum atomic E-state index is 12.6. The van der Waals surface area contributed by atoms with Crippen molar-refractivity contribution in [1.29, 1.82) is 0 Å². The van der Waals surface area contributed by atoms with Gasteiger partial charge in [-0.15, -0.1) is 0 Å². The van der Waals surface area contributed by atoms with Gasteiger partial charge in [-0.2, -0.15) is 13.2 Å². The first kappa shape index (κ1) is 22.7. The highest BCUT2D eigenvalue weighted by Crippen LogP contribution is 2.26. The maximum absolute atomic E-state index is 12.6. The van der Waals surface area contributed by atoms with Gasteiger partial charge in [-0.05, 0) is 50.0 Å². The quantitative estimate of drug-likeness (QED) is 0.518. The Hall–Kier alpha value is -2.00. The topological polar surface area (TPSA) is 52.1 Å². The highest BCUT2D eigenvalue weighted by atomic mass is 19.4. The van der Waals surface area contributed by atoms with Gasteiger partial charge >= 0.3 is 6.18 Å². The Bertz CT molecular complexity index is 689. The van der Waals surface area contributed by atoms with Crippen LogP contribution < -0.4 is 15.4 Å². The van der Waals surface area contributed by atoms with Gasteiger partial charge in [-0.1, -0.05) is 12.1 Å². The molecule has 0 amide bonds. The molecule has 2 aliphatic heterocycles. The average Bonchev–Trinajstić information content (AvgIpc) is 3.39. The summed E-state index contributed by atoms with van der Waals surface area (Å²) in [4.78, 5) is 8.19. The van der Waals surface area contributed by atoms with Crippen LogP contribution in [0.15, 0.2) is 29.3 Å². The van der Waals surface area contributed by atoms with Crippen LogP contribution in [0.2, 0.25) is 0 Å². The third-order valence-corrected chi connectivity index (χ3v) is 5.78. The summed E-state index contributed by atoms with van der Waals surface area (Å²) >= 11 is 0. The molecule has 0 spiro atoms. The summed E-state index contributed by atoms with van der Waals surface area (Å²) < 4.78 is 43.1. The number of aliphatic imine (C=N–C) groups is 1. The van der Waals surface area contributed by atoms with Crippen LogP contribution in [0.3, 0.4) is 0 Å². The van der Waals surface area contributed by atoms with E-state index in [0.29, 0.717) is 32.0 Å². The van der Waals surface area contributed by atoms with Gasteiger partial charge in [0.2, 0.25) is 0 Å². The average molecular weight is 428 g/mol. The number of nitrogens with one attached hydrogen (secondary N) is 2. The molecule has 3 rings (SSSR count). The highest BCUT2D eigenvalue weighted by Gasteiger charge is 2.34. The number of likely N-dealkylation sites (tertiary alicyclic amines) is 2. The number of benzene rings is 1. The van der Waals surface area contributed by atoms with Crippen LogP contribution in [0, 0.1) is 0 Å². The molecule has 2 unspecified atom stereocenters. The summed E-state index contributed by atoms with van der Waals surface area (Å²) in [5, 5.41) is 6.68. The van der Waals surface area contributed by atoms with Gasteiger partial charge in [0.05, 0.1) is 19.7 Å². The predicted octanol–water partition coefficient (Wildman–Crippen LogP) is 2.63. The Balaban J connectivity index is 1.57. The zero-order valence-corrected chi connectivity index (χ0v) is 17.7. The van der Waals surface area contributed by atoms with E-state index in [-0.39, 0.29) is 12.1 Å². The fraction of sp³-hybridized carbons (Fsp3) is 0.667. The minimum atomic E-state index is -4.16. The lowest BCUT2D eigenvalue weighted by atomic mass is 10.1. The van der Waals surface area contributed by atoms with Crippen molar-refractivity contribution < 1.29 is 17.9 Å². The molecule has 2 fully saturated rings. The first-order chi connectivity index (χ1) is 14.4. The fourth-order valence-corrected chi connectivity index (χ4v) is 4.27. The standard InChI is InChI=1S/C21H32F3N5O/c1-25-20(27-17-9-12-28(14-17)15-21(22,23)24)26-13-19(29-10-3-4-11-29)16-5-7-18(30-2)8-6-16/h5-8,17,19H,3-4,9-15H2,1-2H3,(H2,25,26,27). The molecule has 0 aliphatic carbocycles. The number of halogens is 3. The zero-order valence-electron chi connectivity index (χ0n) is 17.7. The van der Waals surface area contributed by atoms with E-state index in [1.807, 2.05) is 12.1 Å². The Kier molecular flexibility index (Phi) is 7.82. The lowest BCUT2D eigenvalue weighted by Gasteiger charge is -2.29. The molecule has 0 aromatic heterocycles. The van der Waals surface area contributed by atoms with E-state index < -0.39 is 12.7 Å². The second kappa shape index (κ2) is 10.3. The molecule has 0 saturated carbocycles. The molecule has 0 radical (unpaired) electrons. The van der Waals surface area contributed by atoms with Gasteiger partial charge in [0, 0.05) is 32.7 Å². The Morgan fingerprint density at radius 2 is 1.90 bits per heavy atom. The molecule has 168 valence electrons. The molecular weight excluding hydrogens is 395 g/mol. The first-order valence-corrected chi connectivity index (χ1v) is 10.5. The summed E-state index contributed by atoms with van der Waals surface area (Å²) in [6.07, 6.45) is -1.10. The Morgan fingerprint density at radius 1 is 1.20 bits per heavy atom. The van der Waals surface area contributed by atoms with Crippen LogP contribution in [-0.2, 0) is 0 Å². The summed E-state index contributed by atoms with van der Waals surface area (Å²) in [6.45, 7) is 2.74. The van der Waals surface area contributed by atoms with E-state index in [0.717, 1.165) is 18.8 Å². The van der Waals surface area contributed by atoms with Crippen molar-refractivity contribution in [3.63, 3.8) is 0 Å². The number of rotatable bonds is 7. The normalized spacial score (nSPS) is 22.3. The van der Waals surface area contributed by atoms with Gasteiger partial charge in [0.25, 0.3) is 0 Å². The highest BCUT2D eigenvalue weighted by molar-refractivity contribution is 5.80. The van der Waals surface area contributed by atoms with Gasteiger partial charge in [-0.25, -0.2) is 0 Å². The van der Waals surface area contributed by atoms with Crippen molar-refractivity contribution in [2.75, 3.05) is 53.4 Å². The number of alkyl halides is 3. The van der Waals surface area contributed by atoms with E-state index in [4.69, 9.17) is 4.74 Å². The zero-order chi connectivity index (χ0) is 21.6. The molecule has 2 saturated heterocycles. The molecule has 30 heavy (non-hydrogen) atoms. The van der Waals surface area contributed by atoms with Crippen molar-refractivity contribution in [2.24, 2.45) is 4.99 Å². The smallest absolute Gasteiger partial charge is 0.401 e. The fourth-order valence-electron chi connectivity index (χ4n) is 4.27. The van der Waals surface area contributed by atoms with Gasteiger partial charge < -0.3 is 15.4 Å². The van der Waals surface area contributed by atoms with Crippen molar-refractivity contribution in [2.45, 2.75) is 37.5 Å². The van der Waals surface area contributed by atoms with Crippen LogP contribution in [0.5, 0.6) is 5.75 Å².